The van der Waals surface area contributed by atoms with Crippen molar-refractivity contribution in [2.45, 2.75) is 24.9 Å². The van der Waals surface area contributed by atoms with Crippen LogP contribution in [0.5, 0.6) is 0 Å². The number of carbonyl (C=O) groups excluding carboxylic acids is 3. The molecule has 0 aliphatic rings. The highest BCUT2D eigenvalue weighted by molar-refractivity contribution is 5.95. The molecule has 0 aliphatic heterocycles. The number of urea groups is 1. The van der Waals surface area contributed by atoms with Crippen molar-refractivity contribution in [2.75, 3.05) is 21.3 Å². The van der Waals surface area contributed by atoms with Crippen LogP contribution in [0.1, 0.15) is 11.1 Å². The Kier molecular flexibility index (Phi) is 9.00. The molecule has 0 aliphatic carbocycles. The van der Waals surface area contributed by atoms with Crippen LogP contribution in [0.25, 0.3) is 0 Å². The van der Waals surface area contributed by atoms with E-state index in [1.54, 1.807) is 43.0 Å². The van der Waals surface area contributed by atoms with Crippen LogP contribution in [0.2, 0.25) is 0 Å². The van der Waals surface area contributed by atoms with E-state index in [0.29, 0.717) is 10.6 Å². The molecule has 4 amide bonds. The van der Waals surface area contributed by atoms with Gasteiger partial charge in [0.25, 0.3) is 11.8 Å². The minimum absolute atomic E-state index is 0.132. The van der Waals surface area contributed by atoms with Gasteiger partial charge in [0.2, 0.25) is 0 Å². The predicted molar refractivity (Wildman–Crippen MR) is 110 cm³/mol. The topological polar surface area (TPSA) is 140 Å². The number of nitrogens with two attached hydrogens (primary N) is 1. The van der Waals surface area contributed by atoms with E-state index in [4.69, 9.17) is 15.4 Å². The van der Waals surface area contributed by atoms with Crippen LogP contribution in [0, 0.1) is 0 Å². The van der Waals surface area contributed by atoms with Crippen LogP contribution in [0.3, 0.4) is 0 Å². The van der Waals surface area contributed by atoms with Crippen molar-refractivity contribution in [1.29, 1.82) is 0 Å². The zero-order valence-electron chi connectivity index (χ0n) is 17.6. The molecular weight excluding hydrogens is 404 g/mol. The zero-order chi connectivity index (χ0) is 22.8. The van der Waals surface area contributed by atoms with Crippen molar-refractivity contribution in [2.24, 2.45) is 5.73 Å². The maximum atomic E-state index is 13.0. The van der Waals surface area contributed by atoms with E-state index in [2.05, 4.69) is 15.3 Å². The molecule has 2 atom stereocenters. The smallest absolute Gasteiger partial charge is 0.346 e. The lowest BCUT2D eigenvalue weighted by molar-refractivity contribution is -0.172. The summed E-state index contributed by atoms with van der Waals surface area (Å²) in [5.41, 5.74) is 6.74. The summed E-state index contributed by atoms with van der Waals surface area (Å²) < 4.78 is 0. The van der Waals surface area contributed by atoms with E-state index in [1.165, 1.54) is 14.2 Å². The van der Waals surface area contributed by atoms with Crippen molar-refractivity contribution >= 4 is 17.8 Å². The zero-order valence-corrected chi connectivity index (χ0v) is 17.6. The third-order valence-corrected chi connectivity index (χ3v) is 4.49. The predicted octanol–water partition coefficient (Wildman–Crippen LogP) is 0.0771. The van der Waals surface area contributed by atoms with Crippen LogP contribution >= 0.6 is 0 Å². The number of pyridine rings is 2. The van der Waals surface area contributed by atoms with Crippen molar-refractivity contribution in [3.05, 3.63) is 60.2 Å². The number of imide groups is 1. The van der Waals surface area contributed by atoms with Crippen molar-refractivity contribution in [3.63, 3.8) is 0 Å². The first kappa shape index (κ1) is 23.9. The van der Waals surface area contributed by atoms with E-state index in [9.17, 15) is 14.4 Å². The Morgan fingerprint density at radius 2 is 1.48 bits per heavy atom. The van der Waals surface area contributed by atoms with E-state index >= 15 is 0 Å². The number of hydroxylamine groups is 4. The molecular formula is C20H26N6O5. The van der Waals surface area contributed by atoms with Crippen LogP contribution in [-0.2, 0) is 32.1 Å². The number of nitrogens with zero attached hydrogens (tertiary/aromatic N) is 4. The largest absolute Gasteiger partial charge is 0.349 e. The Balaban J connectivity index is 2.35. The lowest BCUT2D eigenvalue weighted by atomic mass is 10.0. The molecule has 2 rings (SSSR count). The van der Waals surface area contributed by atoms with Gasteiger partial charge in [-0.25, -0.2) is 9.86 Å². The first-order valence-corrected chi connectivity index (χ1v) is 9.40. The molecule has 0 saturated carbocycles. The van der Waals surface area contributed by atoms with Crippen LogP contribution < -0.4 is 11.1 Å². The Hall–Kier alpha value is -3.41. The summed E-state index contributed by atoms with van der Waals surface area (Å²) >= 11 is 0. The SMILES string of the molecule is CON(C)C(=O)[C@H](Cc1cccnc1)N[C@@H](Cc1cccnc1)C(=O)N(OC)C(N)=O. The second-order valence-corrected chi connectivity index (χ2v) is 6.57. The Morgan fingerprint density at radius 1 is 0.968 bits per heavy atom. The van der Waals surface area contributed by atoms with E-state index in [1.807, 2.05) is 6.07 Å². The summed E-state index contributed by atoms with van der Waals surface area (Å²) in [6.07, 6.45) is 6.78. The highest BCUT2D eigenvalue weighted by atomic mass is 16.7. The number of carbonyl (C=O) groups is 3. The number of nitrogens with one attached hydrogen (secondary N) is 1. The first-order valence-electron chi connectivity index (χ1n) is 9.40. The molecule has 0 saturated heterocycles. The molecule has 11 nitrogen and oxygen atoms in total. The number of likely N-dealkylation sites (N-methyl/N-ethyl adjacent to an activating group) is 1. The van der Waals surface area contributed by atoms with Gasteiger partial charge in [-0.15, -0.1) is 5.06 Å². The lowest BCUT2D eigenvalue weighted by Crippen LogP contribution is -2.57. The summed E-state index contributed by atoms with van der Waals surface area (Å²) in [7, 11) is 3.97. The second kappa shape index (κ2) is 11.7. The minimum atomic E-state index is -1.07. The van der Waals surface area contributed by atoms with Crippen molar-refractivity contribution < 1.29 is 24.1 Å². The van der Waals surface area contributed by atoms with E-state index in [0.717, 1.165) is 17.7 Å². The van der Waals surface area contributed by atoms with Crippen LogP contribution in [-0.4, -0.2) is 71.3 Å². The quantitative estimate of drug-likeness (QED) is 0.505. The maximum Gasteiger partial charge on any atom is 0.346 e. The van der Waals surface area contributed by atoms with Gasteiger partial charge in [0.1, 0.15) is 0 Å². The molecule has 0 unspecified atom stereocenters. The van der Waals surface area contributed by atoms with Gasteiger partial charge in [0.15, 0.2) is 0 Å². The monoisotopic (exact) mass is 430 g/mol. The summed E-state index contributed by atoms with van der Waals surface area (Å²) in [6, 6.07) is 4.08. The fraction of sp³-hybridized carbons (Fsp3) is 0.350. The Labute approximate surface area is 180 Å². The Morgan fingerprint density at radius 3 is 1.87 bits per heavy atom. The number of amides is 4. The average molecular weight is 430 g/mol. The summed E-state index contributed by atoms with van der Waals surface area (Å²) in [4.78, 5) is 55.6. The van der Waals surface area contributed by atoms with Crippen molar-refractivity contribution in [1.82, 2.24) is 25.4 Å². The molecule has 0 radical (unpaired) electrons. The molecule has 0 fully saturated rings. The number of hydrogen-bond acceptors (Lipinski definition) is 8. The highest BCUT2D eigenvalue weighted by Crippen LogP contribution is 2.11. The van der Waals surface area contributed by atoms with Gasteiger partial charge >= 0.3 is 6.03 Å². The van der Waals surface area contributed by atoms with Crippen molar-refractivity contribution in [3.8, 4) is 0 Å². The third-order valence-electron chi connectivity index (χ3n) is 4.49. The third kappa shape index (κ3) is 6.81. The van der Waals surface area contributed by atoms with Gasteiger partial charge in [-0.1, -0.05) is 12.1 Å². The molecule has 166 valence electrons. The van der Waals surface area contributed by atoms with Gasteiger partial charge in [-0.2, -0.15) is 0 Å². The van der Waals surface area contributed by atoms with E-state index in [-0.39, 0.29) is 12.8 Å². The van der Waals surface area contributed by atoms with Gasteiger partial charge in [0, 0.05) is 31.8 Å². The number of hydrogen-bond donors (Lipinski definition) is 2. The molecule has 3 N–H and O–H groups in total. The molecule has 0 aromatic carbocycles. The van der Waals surface area contributed by atoms with Gasteiger partial charge in [0.05, 0.1) is 26.3 Å². The minimum Gasteiger partial charge on any atom is -0.349 e. The fourth-order valence-electron chi connectivity index (χ4n) is 2.93. The molecule has 2 aromatic heterocycles. The summed E-state index contributed by atoms with van der Waals surface area (Å²) in [5.74, 6) is -1.17. The lowest BCUT2D eigenvalue weighted by Gasteiger charge is -2.29. The first-order chi connectivity index (χ1) is 14.9. The Bertz CT molecular complexity index is 867. The summed E-state index contributed by atoms with van der Waals surface area (Å²) in [6.45, 7) is 0. The molecule has 2 aromatic rings. The normalized spacial score (nSPS) is 12.6. The van der Waals surface area contributed by atoms with Gasteiger partial charge < -0.3 is 5.73 Å². The summed E-state index contributed by atoms with van der Waals surface area (Å²) in [5, 5.41) is 4.53. The van der Waals surface area contributed by atoms with Gasteiger partial charge in [-0.3, -0.25) is 34.5 Å². The fourth-order valence-corrected chi connectivity index (χ4v) is 2.93. The standard InChI is InChI=1S/C20H26N6O5/c1-25(30-2)18(27)16(10-14-6-4-8-22-12-14)24-17(11-15-7-5-9-23-13-15)19(28)26(31-3)20(21)29/h4-9,12-13,16-17,24H,10-11H2,1-3H3,(H2,21,29)/t16-,17-/m0/s1. The molecule has 2 heterocycles. The molecule has 0 spiro atoms. The van der Waals surface area contributed by atoms with Crippen LogP contribution in [0.15, 0.2) is 49.1 Å². The average Bonchev–Trinajstić information content (AvgIpc) is 2.78. The van der Waals surface area contributed by atoms with Crippen LogP contribution in [0.4, 0.5) is 4.79 Å². The molecule has 0 bridgehead atoms. The number of rotatable bonds is 10. The number of primary amides is 1. The second-order valence-electron chi connectivity index (χ2n) is 6.57. The van der Waals surface area contributed by atoms with Gasteiger partial charge in [-0.05, 0) is 36.1 Å². The number of aromatic nitrogens is 2. The molecule has 11 heteroatoms. The molecule has 31 heavy (non-hydrogen) atoms. The van der Waals surface area contributed by atoms with E-state index < -0.39 is 29.9 Å². The highest BCUT2D eigenvalue weighted by Gasteiger charge is 2.33. The maximum absolute atomic E-state index is 13.0.